The second-order valence-corrected chi connectivity index (χ2v) is 7.64. The van der Waals surface area contributed by atoms with Gasteiger partial charge in [0.1, 0.15) is 6.54 Å². The summed E-state index contributed by atoms with van der Waals surface area (Å²) in [5.74, 6) is -0.238. The molecule has 5 nitrogen and oxygen atoms in total. The number of hydrogen-bond acceptors (Lipinski definition) is 3. The van der Waals surface area contributed by atoms with Crippen LogP contribution in [0.15, 0.2) is 18.2 Å². The van der Waals surface area contributed by atoms with Gasteiger partial charge in [0.05, 0.1) is 11.9 Å². The minimum absolute atomic E-state index is 0.222. The molecule has 0 radical (unpaired) electrons. The smallest absolute Gasteiger partial charge is 0.243 e. The molecule has 1 rings (SSSR count). The highest BCUT2D eigenvalue weighted by molar-refractivity contribution is 7.92. The van der Waals surface area contributed by atoms with Gasteiger partial charge in [-0.1, -0.05) is 31.0 Å². The summed E-state index contributed by atoms with van der Waals surface area (Å²) >= 11 is 6.06. The Kier molecular flexibility index (Phi) is 6.68. The van der Waals surface area contributed by atoms with Gasteiger partial charge in [-0.2, -0.15) is 0 Å². The first-order chi connectivity index (χ1) is 10.2. The Bertz CT molecular complexity index is 632. The summed E-state index contributed by atoms with van der Waals surface area (Å²) in [6.07, 6.45) is 2.95. The maximum atomic E-state index is 12.3. The summed E-state index contributed by atoms with van der Waals surface area (Å²) in [6.45, 7) is 4.17. The topological polar surface area (TPSA) is 57.7 Å². The highest BCUT2D eigenvalue weighted by Gasteiger charge is 2.24. The molecular weight excluding hydrogens is 324 g/mol. The Hall–Kier alpha value is -1.27. The van der Waals surface area contributed by atoms with Crippen LogP contribution in [-0.2, 0) is 14.8 Å². The second kappa shape index (κ2) is 7.83. The summed E-state index contributed by atoms with van der Waals surface area (Å²) < 4.78 is 25.3. The lowest BCUT2D eigenvalue weighted by Crippen LogP contribution is -2.41. The first-order valence-corrected chi connectivity index (χ1v) is 9.38. The molecule has 1 aromatic rings. The number of benzene rings is 1. The minimum Gasteiger partial charge on any atom is -0.344 e. The molecule has 0 aromatic heterocycles. The van der Waals surface area contributed by atoms with Crippen LogP contribution in [-0.4, -0.2) is 45.6 Å². The third-order valence-corrected chi connectivity index (χ3v) is 5.00. The van der Waals surface area contributed by atoms with Crippen molar-refractivity contribution in [2.45, 2.75) is 26.7 Å². The molecule has 0 aliphatic heterocycles. The number of nitrogens with zero attached hydrogens (tertiary/aromatic N) is 2. The monoisotopic (exact) mass is 346 g/mol. The molecule has 0 heterocycles. The highest BCUT2D eigenvalue weighted by Crippen LogP contribution is 2.28. The fourth-order valence-corrected chi connectivity index (χ4v) is 3.08. The van der Waals surface area contributed by atoms with Crippen LogP contribution in [0.2, 0.25) is 5.02 Å². The Balaban J connectivity index is 3.06. The largest absolute Gasteiger partial charge is 0.344 e. The molecule has 1 amide bonds. The Morgan fingerprint density at radius 1 is 1.32 bits per heavy atom. The quantitative estimate of drug-likeness (QED) is 0.762. The SMILES string of the molecule is CCCCN(C)C(=O)CN(c1cccc(Cl)c1C)S(C)(=O)=O. The lowest BCUT2D eigenvalue weighted by molar-refractivity contribution is -0.128. The van der Waals surface area contributed by atoms with Gasteiger partial charge in [0.25, 0.3) is 0 Å². The minimum atomic E-state index is -3.58. The van der Waals surface area contributed by atoms with Crippen molar-refractivity contribution >= 4 is 33.2 Å². The van der Waals surface area contributed by atoms with E-state index in [1.54, 1.807) is 37.1 Å². The molecule has 0 aliphatic rings. The van der Waals surface area contributed by atoms with Crippen molar-refractivity contribution in [3.05, 3.63) is 28.8 Å². The van der Waals surface area contributed by atoms with E-state index in [1.165, 1.54) is 0 Å². The number of likely N-dealkylation sites (N-methyl/N-ethyl adjacent to an activating group) is 1. The second-order valence-electron chi connectivity index (χ2n) is 5.32. The predicted octanol–water partition coefficient (Wildman–Crippen LogP) is 2.67. The van der Waals surface area contributed by atoms with E-state index in [0.29, 0.717) is 22.8 Å². The highest BCUT2D eigenvalue weighted by atomic mass is 35.5. The van der Waals surface area contributed by atoms with Crippen LogP contribution in [0.3, 0.4) is 0 Å². The van der Waals surface area contributed by atoms with Gasteiger partial charge in [0, 0.05) is 18.6 Å². The number of carbonyl (C=O) groups excluding carboxylic acids is 1. The maximum Gasteiger partial charge on any atom is 0.243 e. The zero-order valence-corrected chi connectivity index (χ0v) is 15.0. The molecule has 0 aliphatic carbocycles. The van der Waals surface area contributed by atoms with Crippen LogP contribution in [0, 0.1) is 6.92 Å². The number of unbranched alkanes of at least 4 members (excludes halogenated alkanes) is 1. The van der Waals surface area contributed by atoms with Gasteiger partial charge in [-0.15, -0.1) is 0 Å². The summed E-state index contributed by atoms with van der Waals surface area (Å²) in [7, 11) is -1.90. The average molecular weight is 347 g/mol. The van der Waals surface area contributed by atoms with Crippen LogP contribution >= 0.6 is 11.6 Å². The van der Waals surface area contributed by atoms with Crippen molar-refractivity contribution in [2.24, 2.45) is 0 Å². The fraction of sp³-hybridized carbons (Fsp3) is 0.533. The number of halogens is 1. The van der Waals surface area contributed by atoms with Crippen LogP contribution in [0.4, 0.5) is 5.69 Å². The first-order valence-electron chi connectivity index (χ1n) is 7.15. The third kappa shape index (κ3) is 4.88. The van der Waals surface area contributed by atoms with Crippen molar-refractivity contribution in [3.63, 3.8) is 0 Å². The predicted molar refractivity (Wildman–Crippen MR) is 90.9 cm³/mol. The van der Waals surface area contributed by atoms with Crippen molar-refractivity contribution in [3.8, 4) is 0 Å². The average Bonchev–Trinajstić information content (AvgIpc) is 2.44. The standard InChI is InChI=1S/C15H23ClN2O3S/c1-5-6-10-17(3)15(19)11-18(22(4,20)21)14-9-7-8-13(16)12(14)2/h7-9H,5-6,10-11H2,1-4H3. The number of amides is 1. The number of rotatable bonds is 7. The van der Waals surface area contributed by atoms with E-state index in [9.17, 15) is 13.2 Å². The van der Waals surface area contributed by atoms with E-state index >= 15 is 0 Å². The van der Waals surface area contributed by atoms with E-state index in [2.05, 4.69) is 0 Å². The molecule has 22 heavy (non-hydrogen) atoms. The molecular formula is C15H23ClN2O3S. The van der Waals surface area contributed by atoms with Gasteiger partial charge < -0.3 is 4.90 Å². The maximum absolute atomic E-state index is 12.3. The third-order valence-electron chi connectivity index (χ3n) is 3.46. The molecule has 124 valence electrons. The van der Waals surface area contributed by atoms with Gasteiger partial charge in [0.2, 0.25) is 15.9 Å². The van der Waals surface area contributed by atoms with E-state index in [1.807, 2.05) is 6.92 Å². The summed E-state index contributed by atoms with van der Waals surface area (Å²) in [4.78, 5) is 13.8. The number of sulfonamides is 1. The lowest BCUT2D eigenvalue weighted by Gasteiger charge is -2.26. The Labute approximate surface area is 137 Å². The molecule has 0 unspecified atom stereocenters. The number of carbonyl (C=O) groups is 1. The van der Waals surface area contributed by atoms with Crippen molar-refractivity contribution in [1.82, 2.24) is 4.90 Å². The summed E-state index contributed by atoms with van der Waals surface area (Å²) in [5.41, 5.74) is 1.07. The molecule has 0 N–H and O–H groups in total. The normalized spacial score (nSPS) is 11.3. The van der Waals surface area contributed by atoms with Crippen molar-refractivity contribution < 1.29 is 13.2 Å². The van der Waals surface area contributed by atoms with E-state index in [0.717, 1.165) is 23.4 Å². The molecule has 0 saturated carbocycles. The van der Waals surface area contributed by atoms with E-state index < -0.39 is 10.0 Å². The van der Waals surface area contributed by atoms with Gasteiger partial charge in [0.15, 0.2) is 0 Å². The van der Waals surface area contributed by atoms with Crippen molar-refractivity contribution in [1.29, 1.82) is 0 Å². The molecule has 1 aromatic carbocycles. The summed E-state index contributed by atoms with van der Waals surface area (Å²) in [6, 6.07) is 5.02. The lowest BCUT2D eigenvalue weighted by atomic mass is 10.2. The van der Waals surface area contributed by atoms with Gasteiger partial charge in [-0.25, -0.2) is 8.42 Å². The van der Waals surface area contributed by atoms with Gasteiger partial charge in [-0.05, 0) is 31.0 Å². The van der Waals surface area contributed by atoms with Crippen LogP contribution in [0.25, 0.3) is 0 Å². The zero-order valence-electron chi connectivity index (χ0n) is 13.5. The van der Waals surface area contributed by atoms with Gasteiger partial charge in [-0.3, -0.25) is 9.10 Å². The Morgan fingerprint density at radius 2 is 1.95 bits per heavy atom. The molecule has 0 atom stereocenters. The number of hydrogen-bond donors (Lipinski definition) is 0. The fourth-order valence-electron chi connectivity index (χ4n) is 2.01. The molecule has 0 fully saturated rings. The Morgan fingerprint density at radius 3 is 2.50 bits per heavy atom. The van der Waals surface area contributed by atoms with Gasteiger partial charge >= 0.3 is 0 Å². The molecule has 0 saturated heterocycles. The van der Waals surface area contributed by atoms with Crippen LogP contribution < -0.4 is 4.31 Å². The number of anilines is 1. The molecule has 0 bridgehead atoms. The van der Waals surface area contributed by atoms with Crippen molar-refractivity contribution in [2.75, 3.05) is 30.7 Å². The van der Waals surface area contributed by atoms with E-state index in [4.69, 9.17) is 11.6 Å². The van der Waals surface area contributed by atoms with E-state index in [-0.39, 0.29) is 12.5 Å². The zero-order chi connectivity index (χ0) is 16.9. The van der Waals surface area contributed by atoms with Crippen LogP contribution in [0.5, 0.6) is 0 Å². The van der Waals surface area contributed by atoms with Crippen LogP contribution in [0.1, 0.15) is 25.3 Å². The first kappa shape index (κ1) is 18.8. The molecule has 0 spiro atoms. The summed E-state index contributed by atoms with van der Waals surface area (Å²) in [5, 5.41) is 0.470. The molecule has 7 heteroatoms.